The number of hydrogen-bond acceptors (Lipinski definition) is 3. The summed E-state index contributed by atoms with van der Waals surface area (Å²) in [5.41, 5.74) is 1.29. The van der Waals surface area contributed by atoms with Gasteiger partial charge in [-0.05, 0) is 26.4 Å². The molecule has 90 valence electrons. The van der Waals surface area contributed by atoms with Crippen LogP contribution in [0.2, 0.25) is 0 Å². The van der Waals surface area contributed by atoms with Crippen LogP contribution in [0.15, 0.2) is 12.4 Å². The molecule has 0 saturated carbocycles. The first-order valence-corrected chi connectivity index (χ1v) is 6.13. The third-order valence-corrected chi connectivity index (χ3v) is 3.16. The molecule has 2 rings (SSSR count). The maximum Gasteiger partial charge on any atom is 0.0534 e. The van der Waals surface area contributed by atoms with Crippen LogP contribution in [-0.4, -0.2) is 40.9 Å². The van der Waals surface area contributed by atoms with Gasteiger partial charge in [0.1, 0.15) is 0 Å². The van der Waals surface area contributed by atoms with Crippen LogP contribution in [0, 0.1) is 0 Å². The Morgan fingerprint density at radius 1 is 1.56 bits per heavy atom. The summed E-state index contributed by atoms with van der Waals surface area (Å²) in [5, 5.41) is 7.77. The molecule has 0 aliphatic carbocycles. The van der Waals surface area contributed by atoms with Gasteiger partial charge in [0, 0.05) is 37.9 Å². The van der Waals surface area contributed by atoms with E-state index in [0.717, 1.165) is 13.1 Å². The lowest BCUT2D eigenvalue weighted by molar-refractivity contribution is 0.256. The van der Waals surface area contributed by atoms with Crippen LogP contribution in [-0.2, 0) is 13.6 Å². The quantitative estimate of drug-likeness (QED) is 0.825. The number of nitrogens with one attached hydrogen (secondary N) is 1. The van der Waals surface area contributed by atoms with E-state index in [9.17, 15) is 0 Å². The van der Waals surface area contributed by atoms with Crippen molar-refractivity contribution >= 4 is 0 Å². The van der Waals surface area contributed by atoms with Crippen molar-refractivity contribution < 1.29 is 0 Å². The molecule has 1 fully saturated rings. The van der Waals surface area contributed by atoms with Crippen molar-refractivity contribution in [2.45, 2.75) is 31.8 Å². The van der Waals surface area contributed by atoms with Crippen molar-refractivity contribution in [3.8, 4) is 0 Å². The van der Waals surface area contributed by atoms with Gasteiger partial charge >= 0.3 is 0 Å². The van der Waals surface area contributed by atoms with Crippen LogP contribution < -0.4 is 5.32 Å². The van der Waals surface area contributed by atoms with Crippen LogP contribution >= 0.6 is 0 Å². The van der Waals surface area contributed by atoms with Gasteiger partial charge in [-0.25, -0.2) is 0 Å². The second kappa shape index (κ2) is 5.46. The summed E-state index contributed by atoms with van der Waals surface area (Å²) in [6.07, 6.45) is 8.06. The van der Waals surface area contributed by atoms with Gasteiger partial charge in [0.15, 0.2) is 0 Å². The summed E-state index contributed by atoms with van der Waals surface area (Å²) in [7, 11) is 4.15. The van der Waals surface area contributed by atoms with E-state index in [1.54, 1.807) is 0 Å². The minimum atomic E-state index is 0.676. The molecule has 0 bridgehead atoms. The maximum absolute atomic E-state index is 4.19. The number of rotatable bonds is 4. The lowest BCUT2D eigenvalue weighted by Crippen LogP contribution is -2.42. The van der Waals surface area contributed by atoms with Crippen molar-refractivity contribution in [3.05, 3.63) is 18.0 Å². The SMILES string of the molecule is CN(Cc1cnn(C)c1)CC1CCCCN1. The fourth-order valence-electron chi connectivity index (χ4n) is 2.39. The fraction of sp³-hybridized carbons (Fsp3) is 0.750. The van der Waals surface area contributed by atoms with E-state index in [1.807, 2.05) is 17.9 Å². The van der Waals surface area contributed by atoms with Gasteiger partial charge in [-0.1, -0.05) is 6.42 Å². The van der Waals surface area contributed by atoms with Crippen molar-refractivity contribution in [2.24, 2.45) is 7.05 Å². The third-order valence-electron chi connectivity index (χ3n) is 3.16. The molecular weight excluding hydrogens is 200 g/mol. The minimum absolute atomic E-state index is 0.676. The minimum Gasteiger partial charge on any atom is -0.313 e. The molecule has 0 aromatic carbocycles. The number of aryl methyl sites for hydroxylation is 1. The molecule has 0 amide bonds. The van der Waals surface area contributed by atoms with E-state index in [-0.39, 0.29) is 0 Å². The van der Waals surface area contributed by atoms with Crippen LogP contribution in [0.4, 0.5) is 0 Å². The molecule has 1 atom stereocenters. The number of aromatic nitrogens is 2. The zero-order chi connectivity index (χ0) is 11.4. The van der Waals surface area contributed by atoms with E-state index >= 15 is 0 Å². The molecule has 1 unspecified atom stereocenters. The molecule has 1 saturated heterocycles. The molecule has 2 heterocycles. The van der Waals surface area contributed by atoms with Crippen molar-refractivity contribution in [3.63, 3.8) is 0 Å². The Hall–Kier alpha value is -0.870. The first kappa shape index (κ1) is 11.6. The average Bonchev–Trinajstić information content (AvgIpc) is 2.65. The predicted octanol–water partition coefficient (Wildman–Crippen LogP) is 0.994. The predicted molar refractivity (Wildman–Crippen MR) is 65.2 cm³/mol. The molecule has 0 spiro atoms. The normalized spacial score (nSPS) is 21.6. The lowest BCUT2D eigenvalue weighted by atomic mass is 10.0. The number of piperidine rings is 1. The topological polar surface area (TPSA) is 33.1 Å². The smallest absolute Gasteiger partial charge is 0.0534 e. The van der Waals surface area contributed by atoms with Crippen molar-refractivity contribution in [1.82, 2.24) is 20.0 Å². The Morgan fingerprint density at radius 2 is 2.44 bits per heavy atom. The van der Waals surface area contributed by atoms with Gasteiger partial charge in [0.25, 0.3) is 0 Å². The van der Waals surface area contributed by atoms with Gasteiger partial charge in [-0.15, -0.1) is 0 Å². The van der Waals surface area contributed by atoms with E-state index in [1.165, 1.54) is 31.4 Å². The highest BCUT2D eigenvalue weighted by Gasteiger charge is 2.14. The largest absolute Gasteiger partial charge is 0.313 e. The summed E-state index contributed by atoms with van der Waals surface area (Å²) >= 11 is 0. The molecule has 1 aliphatic heterocycles. The fourth-order valence-corrected chi connectivity index (χ4v) is 2.39. The highest BCUT2D eigenvalue weighted by atomic mass is 15.2. The number of hydrogen-bond donors (Lipinski definition) is 1. The summed E-state index contributed by atoms with van der Waals surface area (Å²) in [6, 6.07) is 0.676. The van der Waals surface area contributed by atoms with Crippen LogP contribution in [0.5, 0.6) is 0 Å². The van der Waals surface area contributed by atoms with Crippen LogP contribution in [0.3, 0.4) is 0 Å². The Balaban J connectivity index is 1.77. The van der Waals surface area contributed by atoms with Crippen LogP contribution in [0.25, 0.3) is 0 Å². The zero-order valence-electron chi connectivity index (χ0n) is 10.3. The Kier molecular flexibility index (Phi) is 3.96. The maximum atomic E-state index is 4.19. The molecule has 4 heteroatoms. The van der Waals surface area contributed by atoms with Gasteiger partial charge in [0.2, 0.25) is 0 Å². The molecule has 1 aromatic rings. The molecule has 1 aliphatic rings. The zero-order valence-corrected chi connectivity index (χ0v) is 10.3. The average molecular weight is 222 g/mol. The van der Waals surface area contributed by atoms with Crippen LogP contribution in [0.1, 0.15) is 24.8 Å². The molecule has 16 heavy (non-hydrogen) atoms. The van der Waals surface area contributed by atoms with Gasteiger partial charge in [-0.2, -0.15) is 5.10 Å². The van der Waals surface area contributed by atoms with Gasteiger partial charge in [-0.3, -0.25) is 4.68 Å². The lowest BCUT2D eigenvalue weighted by Gasteiger charge is -2.27. The van der Waals surface area contributed by atoms with E-state index in [0.29, 0.717) is 6.04 Å². The van der Waals surface area contributed by atoms with E-state index in [4.69, 9.17) is 0 Å². The van der Waals surface area contributed by atoms with Gasteiger partial charge < -0.3 is 10.2 Å². The van der Waals surface area contributed by atoms with Crippen molar-refractivity contribution in [2.75, 3.05) is 20.1 Å². The molecular formula is C12H22N4. The number of likely N-dealkylation sites (N-methyl/N-ethyl adjacent to an activating group) is 1. The molecule has 1 aromatic heterocycles. The second-order valence-electron chi connectivity index (χ2n) is 4.87. The standard InChI is InChI=1S/C12H22N4/c1-15(8-11-7-14-16(2)9-11)10-12-5-3-4-6-13-12/h7,9,12-13H,3-6,8,10H2,1-2H3. The highest BCUT2D eigenvalue weighted by molar-refractivity contribution is 5.03. The van der Waals surface area contributed by atoms with E-state index < -0.39 is 0 Å². The Morgan fingerprint density at radius 3 is 3.06 bits per heavy atom. The third kappa shape index (κ3) is 3.32. The first-order chi connectivity index (χ1) is 7.74. The second-order valence-corrected chi connectivity index (χ2v) is 4.87. The summed E-state index contributed by atoms with van der Waals surface area (Å²) in [5.74, 6) is 0. The van der Waals surface area contributed by atoms with Crippen molar-refractivity contribution in [1.29, 1.82) is 0 Å². The Labute approximate surface area is 97.6 Å². The first-order valence-electron chi connectivity index (χ1n) is 6.13. The van der Waals surface area contributed by atoms with Gasteiger partial charge in [0.05, 0.1) is 6.20 Å². The molecule has 1 N–H and O–H groups in total. The summed E-state index contributed by atoms with van der Waals surface area (Å²) in [6.45, 7) is 3.31. The van der Waals surface area contributed by atoms with E-state index in [2.05, 4.69) is 28.6 Å². The number of nitrogens with zero attached hydrogens (tertiary/aromatic N) is 3. The molecule has 0 radical (unpaired) electrons. The molecule has 4 nitrogen and oxygen atoms in total. The Bertz CT molecular complexity index is 315. The monoisotopic (exact) mass is 222 g/mol. The summed E-state index contributed by atoms with van der Waals surface area (Å²) in [4.78, 5) is 2.38. The highest BCUT2D eigenvalue weighted by Crippen LogP contribution is 2.09. The summed E-state index contributed by atoms with van der Waals surface area (Å²) < 4.78 is 1.86.